The van der Waals surface area contributed by atoms with Gasteiger partial charge in [-0.05, 0) is 34.9 Å². The summed E-state index contributed by atoms with van der Waals surface area (Å²) >= 11 is 0. The lowest BCUT2D eigenvalue weighted by Gasteiger charge is -2.08. The van der Waals surface area contributed by atoms with Gasteiger partial charge in [0.2, 0.25) is 0 Å². The molecule has 0 bridgehead atoms. The van der Waals surface area contributed by atoms with Gasteiger partial charge in [0.15, 0.2) is 11.5 Å². The van der Waals surface area contributed by atoms with Gasteiger partial charge in [0.1, 0.15) is 0 Å². The van der Waals surface area contributed by atoms with Gasteiger partial charge in [-0.15, -0.1) is 0 Å². The Bertz CT molecular complexity index is 636. The number of fused-ring (bicyclic) bond motifs is 3. The Balaban J connectivity index is 2.33. The van der Waals surface area contributed by atoms with E-state index >= 15 is 0 Å². The molecule has 86 valence electrons. The molecule has 6 N–H and O–H groups in total. The van der Waals surface area contributed by atoms with Crippen molar-refractivity contribution in [2.24, 2.45) is 0 Å². The van der Waals surface area contributed by atoms with Gasteiger partial charge in [0.25, 0.3) is 0 Å². The van der Waals surface area contributed by atoms with E-state index in [1.807, 2.05) is 18.2 Å². The molecule has 0 amide bonds. The normalized spacial score (nSPS) is 12.2. The van der Waals surface area contributed by atoms with Gasteiger partial charge >= 0.3 is 0 Å². The first kappa shape index (κ1) is 9.84. The number of benzene rings is 2. The second-order valence-corrected chi connectivity index (χ2v) is 4.28. The van der Waals surface area contributed by atoms with E-state index in [0.29, 0.717) is 17.7 Å². The second kappa shape index (κ2) is 3.07. The Kier molecular flexibility index (Phi) is 1.78. The molecule has 3 rings (SSSR count). The van der Waals surface area contributed by atoms with Crippen molar-refractivity contribution in [1.82, 2.24) is 0 Å². The quantitative estimate of drug-likeness (QED) is 0.349. The molecular formula is C13H12N2O2. The number of anilines is 2. The Morgan fingerprint density at radius 2 is 1.71 bits per heavy atom. The third-order valence-electron chi connectivity index (χ3n) is 3.20. The SMILES string of the molecule is Nc1ccc2c(c1)-c1cc(N)c(O)c(O)c1C2. The van der Waals surface area contributed by atoms with Crippen LogP contribution < -0.4 is 11.5 Å². The molecule has 2 aromatic carbocycles. The number of nitrogens with two attached hydrogens (primary N) is 2. The molecule has 0 saturated carbocycles. The molecule has 0 heterocycles. The molecule has 0 spiro atoms. The zero-order chi connectivity index (χ0) is 12.2. The fourth-order valence-electron chi connectivity index (χ4n) is 2.33. The molecule has 1 aliphatic rings. The average Bonchev–Trinajstić information content (AvgIpc) is 2.65. The monoisotopic (exact) mass is 228 g/mol. The van der Waals surface area contributed by atoms with E-state index in [9.17, 15) is 10.2 Å². The molecule has 4 nitrogen and oxygen atoms in total. The van der Waals surface area contributed by atoms with E-state index in [0.717, 1.165) is 16.7 Å². The number of hydrogen-bond donors (Lipinski definition) is 4. The van der Waals surface area contributed by atoms with Crippen molar-refractivity contribution in [3.8, 4) is 22.6 Å². The number of hydrogen-bond acceptors (Lipinski definition) is 4. The third kappa shape index (κ3) is 1.24. The number of rotatable bonds is 0. The highest BCUT2D eigenvalue weighted by Crippen LogP contribution is 2.47. The van der Waals surface area contributed by atoms with Gasteiger partial charge in [-0.2, -0.15) is 0 Å². The standard InChI is InChI=1S/C13H12N2O2/c14-7-2-1-6-3-10-9(8(6)4-7)5-11(15)13(17)12(10)16/h1-2,4-5,16-17H,3,14-15H2. The van der Waals surface area contributed by atoms with Gasteiger partial charge in [0.05, 0.1) is 5.69 Å². The fourth-order valence-corrected chi connectivity index (χ4v) is 2.33. The van der Waals surface area contributed by atoms with Crippen LogP contribution in [0.1, 0.15) is 11.1 Å². The van der Waals surface area contributed by atoms with Gasteiger partial charge in [-0.1, -0.05) is 6.07 Å². The van der Waals surface area contributed by atoms with Crippen LogP contribution in [0.15, 0.2) is 24.3 Å². The summed E-state index contributed by atoms with van der Waals surface area (Å²) in [5.41, 5.74) is 15.9. The van der Waals surface area contributed by atoms with E-state index in [-0.39, 0.29) is 17.2 Å². The second-order valence-electron chi connectivity index (χ2n) is 4.28. The van der Waals surface area contributed by atoms with E-state index in [2.05, 4.69) is 0 Å². The molecule has 1 aliphatic carbocycles. The summed E-state index contributed by atoms with van der Waals surface area (Å²) in [6, 6.07) is 7.29. The molecule has 0 aromatic heterocycles. The van der Waals surface area contributed by atoms with Gasteiger partial charge < -0.3 is 21.7 Å². The van der Waals surface area contributed by atoms with Gasteiger partial charge in [0, 0.05) is 17.7 Å². The number of aromatic hydroxyl groups is 2. The summed E-state index contributed by atoms with van der Waals surface area (Å²) in [5, 5.41) is 19.5. The summed E-state index contributed by atoms with van der Waals surface area (Å²) in [4.78, 5) is 0. The van der Waals surface area contributed by atoms with Gasteiger partial charge in [-0.25, -0.2) is 0 Å². The third-order valence-corrected chi connectivity index (χ3v) is 3.20. The van der Waals surface area contributed by atoms with Crippen molar-refractivity contribution in [2.75, 3.05) is 11.5 Å². The topological polar surface area (TPSA) is 92.5 Å². The van der Waals surface area contributed by atoms with Crippen LogP contribution in [0.25, 0.3) is 11.1 Å². The maximum atomic E-state index is 9.88. The largest absolute Gasteiger partial charge is 0.504 e. The molecule has 17 heavy (non-hydrogen) atoms. The highest BCUT2D eigenvalue weighted by molar-refractivity contribution is 5.85. The Morgan fingerprint density at radius 1 is 0.941 bits per heavy atom. The summed E-state index contributed by atoms with van der Waals surface area (Å²) in [7, 11) is 0. The highest BCUT2D eigenvalue weighted by atomic mass is 16.3. The summed E-state index contributed by atoms with van der Waals surface area (Å²) in [6.07, 6.45) is 0.588. The lowest BCUT2D eigenvalue weighted by molar-refractivity contribution is 0.402. The van der Waals surface area contributed by atoms with Crippen LogP contribution in [0.2, 0.25) is 0 Å². The Morgan fingerprint density at radius 3 is 2.47 bits per heavy atom. The Hall–Kier alpha value is -2.36. The zero-order valence-electron chi connectivity index (χ0n) is 9.07. The summed E-state index contributed by atoms with van der Waals surface area (Å²) in [6.45, 7) is 0. The Labute approximate surface area is 98.1 Å². The lowest BCUT2D eigenvalue weighted by Crippen LogP contribution is -1.90. The van der Waals surface area contributed by atoms with E-state index in [1.54, 1.807) is 6.07 Å². The van der Waals surface area contributed by atoms with Crippen LogP contribution in [0.3, 0.4) is 0 Å². The lowest BCUT2D eigenvalue weighted by atomic mass is 10.0. The van der Waals surface area contributed by atoms with E-state index < -0.39 is 0 Å². The number of nitrogen functional groups attached to an aromatic ring is 2. The predicted octanol–water partition coefficient (Wildman–Crippen LogP) is 1.83. The van der Waals surface area contributed by atoms with Crippen molar-refractivity contribution in [3.63, 3.8) is 0 Å². The van der Waals surface area contributed by atoms with Crippen LogP contribution in [-0.4, -0.2) is 10.2 Å². The molecule has 0 aliphatic heterocycles. The summed E-state index contributed by atoms with van der Waals surface area (Å²) < 4.78 is 0. The van der Waals surface area contributed by atoms with Gasteiger partial charge in [-0.3, -0.25) is 0 Å². The van der Waals surface area contributed by atoms with Crippen molar-refractivity contribution in [2.45, 2.75) is 6.42 Å². The molecular weight excluding hydrogens is 216 g/mol. The molecule has 0 radical (unpaired) electrons. The highest BCUT2D eigenvalue weighted by Gasteiger charge is 2.24. The maximum absolute atomic E-state index is 9.88. The molecule has 4 heteroatoms. The van der Waals surface area contributed by atoms with Crippen LogP contribution in [-0.2, 0) is 6.42 Å². The molecule has 2 aromatic rings. The van der Waals surface area contributed by atoms with Crippen molar-refractivity contribution >= 4 is 11.4 Å². The maximum Gasteiger partial charge on any atom is 0.181 e. The van der Waals surface area contributed by atoms with Crippen LogP contribution in [0.5, 0.6) is 11.5 Å². The minimum absolute atomic E-state index is 0.130. The van der Waals surface area contributed by atoms with Crippen molar-refractivity contribution in [3.05, 3.63) is 35.4 Å². The van der Waals surface area contributed by atoms with Crippen LogP contribution in [0.4, 0.5) is 11.4 Å². The summed E-state index contributed by atoms with van der Waals surface area (Å²) in [5.74, 6) is -0.376. The molecule has 0 atom stereocenters. The minimum Gasteiger partial charge on any atom is -0.504 e. The predicted molar refractivity (Wildman–Crippen MR) is 66.8 cm³/mol. The fraction of sp³-hybridized carbons (Fsp3) is 0.0769. The van der Waals surface area contributed by atoms with E-state index in [1.165, 1.54) is 0 Å². The average molecular weight is 228 g/mol. The zero-order valence-corrected chi connectivity index (χ0v) is 9.07. The smallest absolute Gasteiger partial charge is 0.181 e. The van der Waals surface area contributed by atoms with E-state index in [4.69, 9.17) is 11.5 Å². The van der Waals surface area contributed by atoms with Crippen molar-refractivity contribution in [1.29, 1.82) is 0 Å². The number of phenolic OH excluding ortho intramolecular Hbond substituents is 2. The molecule has 0 fully saturated rings. The van der Waals surface area contributed by atoms with Crippen molar-refractivity contribution < 1.29 is 10.2 Å². The first-order valence-corrected chi connectivity index (χ1v) is 5.30. The molecule has 0 unspecified atom stereocenters. The van der Waals surface area contributed by atoms with Crippen LogP contribution >= 0.6 is 0 Å². The number of phenols is 2. The molecule has 0 saturated heterocycles. The first-order valence-electron chi connectivity index (χ1n) is 5.30. The van der Waals surface area contributed by atoms with Crippen LogP contribution in [0, 0.1) is 0 Å². The first-order chi connectivity index (χ1) is 8.08. The minimum atomic E-state index is -0.246.